The highest BCUT2D eigenvalue weighted by molar-refractivity contribution is 14.0. The maximum atomic E-state index is 5.92. The Morgan fingerprint density at radius 2 is 2.08 bits per heavy atom. The average molecular weight is 468 g/mol. The standard InChI is InChI=1S/C18H36N4O2.HI/c1-5-24-16-14-15(18(16)8-6-9-18)21-17(19-2)20-10-12-22(3)11-7-13-23-4;/h15-16H,5-14H2,1-4H3,(H2,19,20,21);1H. The van der Waals surface area contributed by atoms with Gasteiger partial charge in [0.1, 0.15) is 0 Å². The van der Waals surface area contributed by atoms with Crippen LogP contribution in [-0.4, -0.2) is 77.1 Å². The number of likely N-dealkylation sites (N-methyl/N-ethyl adjacent to an activating group) is 1. The number of nitrogens with zero attached hydrogens (tertiary/aromatic N) is 2. The lowest BCUT2D eigenvalue weighted by Crippen LogP contribution is -2.68. The van der Waals surface area contributed by atoms with E-state index in [1.807, 2.05) is 7.05 Å². The number of aliphatic imine (C=N–C) groups is 1. The van der Waals surface area contributed by atoms with E-state index < -0.39 is 0 Å². The zero-order valence-corrected chi connectivity index (χ0v) is 18.7. The summed E-state index contributed by atoms with van der Waals surface area (Å²) in [5.41, 5.74) is 0.366. The van der Waals surface area contributed by atoms with Crippen molar-refractivity contribution in [3.8, 4) is 0 Å². The SMILES string of the molecule is CCOC1CC(NC(=NC)NCCN(C)CCCOC)C12CCC2.I. The first-order valence-electron chi connectivity index (χ1n) is 9.42. The van der Waals surface area contributed by atoms with E-state index in [-0.39, 0.29) is 24.0 Å². The molecule has 0 heterocycles. The molecule has 0 saturated heterocycles. The molecule has 2 aliphatic carbocycles. The van der Waals surface area contributed by atoms with E-state index in [4.69, 9.17) is 9.47 Å². The Kier molecular flexibility index (Phi) is 10.6. The predicted octanol–water partition coefficient (Wildman–Crippen LogP) is 2.09. The number of nitrogens with one attached hydrogen (secondary N) is 2. The highest BCUT2D eigenvalue weighted by Crippen LogP contribution is 2.57. The first kappa shape index (κ1) is 22.9. The Balaban J connectivity index is 0.00000312. The molecule has 0 aromatic heterocycles. The molecule has 0 aromatic rings. The van der Waals surface area contributed by atoms with Crippen molar-refractivity contribution in [1.29, 1.82) is 0 Å². The van der Waals surface area contributed by atoms with Crippen LogP contribution in [0.2, 0.25) is 0 Å². The molecule has 0 aromatic carbocycles. The molecule has 0 amide bonds. The molecule has 2 fully saturated rings. The molecule has 2 aliphatic rings. The van der Waals surface area contributed by atoms with Crippen molar-refractivity contribution < 1.29 is 9.47 Å². The largest absolute Gasteiger partial charge is 0.385 e. The Labute approximate surface area is 170 Å². The molecule has 2 atom stereocenters. The topological polar surface area (TPSA) is 58.1 Å². The van der Waals surface area contributed by atoms with Crippen LogP contribution >= 0.6 is 24.0 Å². The summed E-state index contributed by atoms with van der Waals surface area (Å²) in [6.07, 6.45) is 6.52. The second kappa shape index (κ2) is 11.6. The molecule has 2 rings (SSSR count). The van der Waals surface area contributed by atoms with Crippen molar-refractivity contribution in [2.75, 3.05) is 54.1 Å². The van der Waals surface area contributed by atoms with Crippen molar-refractivity contribution in [2.45, 2.75) is 51.2 Å². The van der Waals surface area contributed by atoms with Gasteiger partial charge in [0.15, 0.2) is 5.96 Å². The number of hydrogen-bond donors (Lipinski definition) is 2. The molecule has 0 radical (unpaired) electrons. The van der Waals surface area contributed by atoms with Gasteiger partial charge in [0.25, 0.3) is 0 Å². The lowest BCUT2D eigenvalue weighted by molar-refractivity contribution is -0.168. The van der Waals surface area contributed by atoms with Gasteiger partial charge in [0.2, 0.25) is 0 Å². The minimum atomic E-state index is 0. The van der Waals surface area contributed by atoms with E-state index >= 15 is 0 Å². The quantitative estimate of drug-likeness (QED) is 0.223. The Morgan fingerprint density at radius 3 is 2.64 bits per heavy atom. The van der Waals surface area contributed by atoms with Gasteiger partial charge in [0, 0.05) is 58.5 Å². The van der Waals surface area contributed by atoms with Gasteiger partial charge >= 0.3 is 0 Å². The summed E-state index contributed by atoms with van der Waals surface area (Å²) in [6, 6.07) is 0.508. The van der Waals surface area contributed by atoms with Gasteiger partial charge in [-0.2, -0.15) is 0 Å². The molecule has 2 N–H and O–H groups in total. The fourth-order valence-corrected chi connectivity index (χ4v) is 3.96. The second-order valence-corrected chi connectivity index (χ2v) is 7.11. The molecule has 0 aliphatic heterocycles. The average Bonchev–Trinajstić information content (AvgIpc) is 2.50. The summed E-state index contributed by atoms with van der Waals surface area (Å²) in [7, 11) is 5.75. The van der Waals surface area contributed by atoms with Crippen molar-refractivity contribution in [1.82, 2.24) is 15.5 Å². The monoisotopic (exact) mass is 468 g/mol. The third-order valence-corrected chi connectivity index (χ3v) is 5.65. The number of guanidine groups is 1. The van der Waals surface area contributed by atoms with Gasteiger partial charge in [-0.05, 0) is 39.7 Å². The summed E-state index contributed by atoms with van der Waals surface area (Å²) in [5.74, 6) is 0.923. The van der Waals surface area contributed by atoms with Crippen LogP contribution in [0.5, 0.6) is 0 Å². The zero-order valence-electron chi connectivity index (χ0n) is 16.3. The van der Waals surface area contributed by atoms with Gasteiger partial charge in [-0.15, -0.1) is 24.0 Å². The maximum absolute atomic E-state index is 5.92. The summed E-state index contributed by atoms with van der Waals surface area (Å²) < 4.78 is 11.0. The summed E-state index contributed by atoms with van der Waals surface area (Å²) in [6.45, 7) is 6.70. The van der Waals surface area contributed by atoms with Gasteiger partial charge in [0.05, 0.1) is 6.10 Å². The van der Waals surface area contributed by atoms with Gasteiger partial charge < -0.3 is 25.0 Å². The Hall–Kier alpha value is -0.120. The van der Waals surface area contributed by atoms with E-state index in [0.717, 1.165) is 51.6 Å². The Morgan fingerprint density at radius 1 is 1.32 bits per heavy atom. The van der Waals surface area contributed by atoms with E-state index in [2.05, 4.69) is 34.5 Å². The summed E-state index contributed by atoms with van der Waals surface area (Å²) in [5, 5.41) is 7.08. The van der Waals surface area contributed by atoms with Crippen LogP contribution in [0.4, 0.5) is 0 Å². The van der Waals surface area contributed by atoms with E-state index in [9.17, 15) is 0 Å². The molecule has 148 valence electrons. The van der Waals surface area contributed by atoms with Crippen LogP contribution < -0.4 is 10.6 Å². The number of rotatable bonds is 10. The lowest BCUT2D eigenvalue weighted by Gasteiger charge is -2.61. The van der Waals surface area contributed by atoms with Crippen LogP contribution in [0.25, 0.3) is 0 Å². The van der Waals surface area contributed by atoms with E-state index in [0.29, 0.717) is 17.6 Å². The normalized spacial score (nSPS) is 24.4. The van der Waals surface area contributed by atoms with Gasteiger partial charge in [-0.1, -0.05) is 6.42 Å². The molecular formula is C18H37IN4O2. The molecule has 2 saturated carbocycles. The van der Waals surface area contributed by atoms with Crippen molar-refractivity contribution in [3.63, 3.8) is 0 Å². The van der Waals surface area contributed by atoms with E-state index in [1.54, 1.807) is 7.11 Å². The molecule has 1 spiro atoms. The fraction of sp³-hybridized carbons (Fsp3) is 0.944. The van der Waals surface area contributed by atoms with Crippen molar-refractivity contribution in [2.24, 2.45) is 10.4 Å². The van der Waals surface area contributed by atoms with Crippen LogP contribution in [-0.2, 0) is 9.47 Å². The number of hydrogen-bond acceptors (Lipinski definition) is 4. The highest BCUT2D eigenvalue weighted by Gasteiger charge is 2.59. The third kappa shape index (κ3) is 5.94. The van der Waals surface area contributed by atoms with Crippen LogP contribution in [0.15, 0.2) is 4.99 Å². The van der Waals surface area contributed by atoms with Gasteiger partial charge in [-0.3, -0.25) is 4.99 Å². The highest BCUT2D eigenvalue weighted by atomic mass is 127. The van der Waals surface area contributed by atoms with Crippen LogP contribution in [0.3, 0.4) is 0 Å². The smallest absolute Gasteiger partial charge is 0.191 e. The summed E-state index contributed by atoms with van der Waals surface area (Å²) in [4.78, 5) is 6.71. The molecule has 7 heteroatoms. The van der Waals surface area contributed by atoms with Gasteiger partial charge in [-0.25, -0.2) is 0 Å². The zero-order chi connectivity index (χ0) is 17.4. The van der Waals surface area contributed by atoms with Crippen molar-refractivity contribution >= 4 is 29.9 Å². The maximum Gasteiger partial charge on any atom is 0.191 e. The second-order valence-electron chi connectivity index (χ2n) is 7.11. The first-order chi connectivity index (χ1) is 11.7. The van der Waals surface area contributed by atoms with Crippen LogP contribution in [0.1, 0.15) is 39.0 Å². The first-order valence-corrected chi connectivity index (χ1v) is 9.42. The number of halogens is 1. The summed E-state index contributed by atoms with van der Waals surface area (Å²) >= 11 is 0. The number of ether oxygens (including phenoxy) is 2. The minimum absolute atomic E-state index is 0. The van der Waals surface area contributed by atoms with E-state index in [1.165, 1.54) is 19.3 Å². The number of methoxy groups -OCH3 is 1. The molecule has 2 unspecified atom stereocenters. The molecule has 0 bridgehead atoms. The molecule has 25 heavy (non-hydrogen) atoms. The lowest BCUT2D eigenvalue weighted by atomic mass is 9.51. The fourth-order valence-electron chi connectivity index (χ4n) is 3.96. The third-order valence-electron chi connectivity index (χ3n) is 5.65. The Bertz CT molecular complexity index is 405. The minimum Gasteiger partial charge on any atom is -0.385 e. The molecule has 6 nitrogen and oxygen atoms in total. The van der Waals surface area contributed by atoms with Crippen molar-refractivity contribution in [3.05, 3.63) is 0 Å². The molecular weight excluding hydrogens is 431 g/mol. The van der Waals surface area contributed by atoms with Crippen LogP contribution in [0, 0.1) is 5.41 Å². The predicted molar refractivity (Wildman–Crippen MR) is 114 cm³/mol.